The first-order valence-corrected chi connectivity index (χ1v) is 4.90. The molecule has 0 rings (SSSR count). The van der Waals surface area contributed by atoms with Crippen molar-refractivity contribution in [2.75, 3.05) is 10.7 Å². The standard InChI is InChI=1S/C8H6Br2/c9-7-5-3-1-2-4-6-8-10/h1-2H,7-8H2/b2-1-. The Morgan fingerprint density at radius 1 is 0.900 bits per heavy atom. The van der Waals surface area contributed by atoms with Crippen LogP contribution in [-0.4, -0.2) is 10.7 Å². The first kappa shape index (κ1) is 9.82. The van der Waals surface area contributed by atoms with Crippen molar-refractivity contribution in [3.8, 4) is 23.7 Å². The molecule has 0 atom stereocenters. The lowest BCUT2D eigenvalue weighted by molar-refractivity contribution is 1.95. The molecule has 0 saturated heterocycles. The summed E-state index contributed by atoms with van der Waals surface area (Å²) in [6.45, 7) is 0. The fraction of sp³-hybridized carbons (Fsp3) is 0.250. The number of hydrogen-bond acceptors (Lipinski definition) is 0. The van der Waals surface area contributed by atoms with Crippen molar-refractivity contribution in [3.05, 3.63) is 12.2 Å². The van der Waals surface area contributed by atoms with Crippen LogP contribution in [-0.2, 0) is 0 Å². The van der Waals surface area contributed by atoms with Crippen LogP contribution in [0.3, 0.4) is 0 Å². The highest BCUT2D eigenvalue weighted by Gasteiger charge is 1.60. The largest absolute Gasteiger partial charge is 0.0869 e. The molecule has 0 radical (unpaired) electrons. The van der Waals surface area contributed by atoms with Gasteiger partial charge in [0.05, 0.1) is 10.7 Å². The Kier molecular flexibility index (Phi) is 8.66. The summed E-state index contributed by atoms with van der Waals surface area (Å²) in [5.74, 6) is 11.2. The molecule has 0 spiro atoms. The van der Waals surface area contributed by atoms with Gasteiger partial charge in [0.15, 0.2) is 0 Å². The fourth-order valence-corrected chi connectivity index (χ4v) is 0.602. The summed E-state index contributed by atoms with van der Waals surface area (Å²) in [6, 6.07) is 0. The van der Waals surface area contributed by atoms with Crippen LogP contribution in [0.1, 0.15) is 0 Å². The highest BCUT2D eigenvalue weighted by atomic mass is 79.9. The lowest BCUT2D eigenvalue weighted by Gasteiger charge is -1.65. The third-order valence-electron chi connectivity index (χ3n) is 0.588. The number of alkyl halides is 2. The number of halogens is 2. The SMILES string of the molecule is BrCC#C/C=C\C#CCBr. The molecule has 0 aromatic rings. The summed E-state index contributed by atoms with van der Waals surface area (Å²) in [6.07, 6.45) is 3.47. The maximum atomic E-state index is 3.18. The molecule has 0 nitrogen and oxygen atoms in total. The molecule has 0 aliphatic heterocycles. The van der Waals surface area contributed by atoms with Gasteiger partial charge in [-0.3, -0.25) is 0 Å². The molecule has 0 fully saturated rings. The van der Waals surface area contributed by atoms with Crippen LogP contribution < -0.4 is 0 Å². The van der Waals surface area contributed by atoms with Gasteiger partial charge in [0.25, 0.3) is 0 Å². The molecule has 0 saturated carbocycles. The molecule has 52 valence electrons. The number of rotatable bonds is 0. The lowest BCUT2D eigenvalue weighted by Crippen LogP contribution is -1.58. The zero-order valence-electron chi connectivity index (χ0n) is 5.32. The minimum Gasteiger partial charge on any atom is -0.0869 e. The third-order valence-corrected chi connectivity index (χ3v) is 1.15. The second kappa shape index (κ2) is 8.82. The zero-order chi connectivity index (χ0) is 7.66. The van der Waals surface area contributed by atoms with Gasteiger partial charge in [-0.2, -0.15) is 0 Å². The molecular formula is C8H6Br2. The Balaban J connectivity index is 3.56. The molecule has 0 unspecified atom stereocenters. The molecule has 0 aromatic heterocycles. The number of hydrogen-bond donors (Lipinski definition) is 0. The molecular weight excluding hydrogens is 256 g/mol. The van der Waals surface area contributed by atoms with Crippen molar-refractivity contribution in [2.45, 2.75) is 0 Å². The average molecular weight is 262 g/mol. The molecule has 10 heavy (non-hydrogen) atoms. The molecule has 0 aliphatic rings. The van der Waals surface area contributed by atoms with E-state index in [-0.39, 0.29) is 0 Å². The Morgan fingerprint density at radius 3 is 1.60 bits per heavy atom. The van der Waals surface area contributed by atoms with Gasteiger partial charge in [-0.15, -0.1) is 0 Å². The predicted molar refractivity (Wildman–Crippen MR) is 52.3 cm³/mol. The maximum Gasteiger partial charge on any atom is 0.0649 e. The highest BCUT2D eigenvalue weighted by Crippen LogP contribution is 1.75. The van der Waals surface area contributed by atoms with Crippen molar-refractivity contribution in [2.24, 2.45) is 0 Å². The first-order valence-electron chi connectivity index (χ1n) is 2.65. The van der Waals surface area contributed by atoms with E-state index in [1.807, 2.05) is 0 Å². The van der Waals surface area contributed by atoms with Gasteiger partial charge in [0, 0.05) is 0 Å². The van der Waals surface area contributed by atoms with Crippen LogP contribution in [0, 0.1) is 23.7 Å². The zero-order valence-corrected chi connectivity index (χ0v) is 8.50. The second-order valence-corrected chi connectivity index (χ2v) is 2.36. The van der Waals surface area contributed by atoms with E-state index in [0.29, 0.717) is 10.7 Å². The van der Waals surface area contributed by atoms with Crippen LogP contribution in [0.25, 0.3) is 0 Å². The van der Waals surface area contributed by atoms with E-state index < -0.39 is 0 Å². The molecule has 0 amide bonds. The third kappa shape index (κ3) is 7.82. The van der Waals surface area contributed by atoms with Gasteiger partial charge < -0.3 is 0 Å². The summed E-state index contributed by atoms with van der Waals surface area (Å²) in [5, 5.41) is 1.42. The van der Waals surface area contributed by atoms with Crippen LogP contribution in [0.15, 0.2) is 12.2 Å². The fourth-order valence-electron chi connectivity index (χ4n) is 0.278. The molecule has 0 aliphatic carbocycles. The summed E-state index contributed by atoms with van der Waals surface area (Å²) < 4.78 is 0. The quantitative estimate of drug-likeness (QED) is 0.464. The van der Waals surface area contributed by atoms with Crippen molar-refractivity contribution in [1.29, 1.82) is 0 Å². The van der Waals surface area contributed by atoms with E-state index in [2.05, 4.69) is 55.5 Å². The summed E-state index contributed by atoms with van der Waals surface area (Å²) in [7, 11) is 0. The Bertz CT molecular complexity index is 183. The van der Waals surface area contributed by atoms with Gasteiger partial charge in [-0.25, -0.2) is 0 Å². The van der Waals surface area contributed by atoms with Crippen LogP contribution in [0.4, 0.5) is 0 Å². The van der Waals surface area contributed by atoms with E-state index in [4.69, 9.17) is 0 Å². The average Bonchev–Trinajstić information content (AvgIpc) is 1.97. The molecule has 0 bridgehead atoms. The van der Waals surface area contributed by atoms with Gasteiger partial charge in [0.1, 0.15) is 0 Å². The Hall–Kier alpha value is -0.180. The molecule has 0 N–H and O–H groups in total. The minimum absolute atomic E-state index is 0.712. The maximum absolute atomic E-state index is 3.18. The second-order valence-electron chi connectivity index (χ2n) is 1.24. The summed E-state index contributed by atoms with van der Waals surface area (Å²) >= 11 is 6.36. The van der Waals surface area contributed by atoms with E-state index in [1.165, 1.54) is 0 Å². The Labute approximate surface area is 78.3 Å². The van der Waals surface area contributed by atoms with Gasteiger partial charge in [0.2, 0.25) is 0 Å². The normalized spacial score (nSPS) is 7.80. The smallest absolute Gasteiger partial charge is 0.0649 e. The summed E-state index contributed by atoms with van der Waals surface area (Å²) in [5.41, 5.74) is 0. The van der Waals surface area contributed by atoms with Gasteiger partial charge >= 0.3 is 0 Å². The predicted octanol–water partition coefficient (Wildman–Crippen LogP) is 2.34. The van der Waals surface area contributed by atoms with E-state index in [1.54, 1.807) is 12.2 Å². The number of allylic oxidation sites excluding steroid dienone is 2. The van der Waals surface area contributed by atoms with Crippen LogP contribution in [0.2, 0.25) is 0 Å². The van der Waals surface area contributed by atoms with Gasteiger partial charge in [-0.05, 0) is 12.2 Å². The summed E-state index contributed by atoms with van der Waals surface area (Å²) in [4.78, 5) is 0. The van der Waals surface area contributed by atoms with Crippen molar-refractivity contribution in [3.63, 3.8) is 0 Å². The molecule has 0 aromatic carbocycles. The van der Waals surface area contributed by atoms with Gasteiger partial charge in [-0.1, -0.05) is 55.5 Å². The molecule has 0 heterocycles. The minimum atomic E-state index is 0.712. The monoisotopic (exact) mass is 260 g/mol. The first-order chi connectivity index (χ1) is 4.91. The van der Waals surface area contributed by atoms with E-state index >= 15 is 0 Å². The lowest BCUT2D eigenvalue weighted by atomic mass is 10.5. The van der Waals surface area contributed by atoms with Crippen molar-refractivity contribution < 1.29 is 0 Å². The van der Waals surface area contributed by atoms with Crippen LogP contribution >= 0.6 is 31.9 Å². The van der Waals surface area contributed by atoms with Crippen molar-refractivity contribution >= 4 is 31.9 Å². The highest BCUT2D eigenvalue weighted by molar-refractivity contribution is 9.09. The molecule has 2 heteroatoms. The van der Waals surface area contributed by atoms with Crippen molar-refractivity contribution in [1.82, 2.24) is 0 Å². The topological polar surface area (TPSA) is 0 Å². The Morgan fingerprint density at radius 2 is 1.30 bits per heavy atom. The van der Waals surface area contributed by atoms with E-state index in [0.717, 1.165) is 0 Å². The van der Waals surface area contributed by atoms with Crippen LogP contribution in [0.5, 0.6) is 0 Å². The van der Waals surface area contributed by atoms with E-state index in [9.17, 15) is 0 Å².